The number of nitrogens with one attached hydrogen (secondary N) is 2. The van der Waals surface area contributed by atoms with Crippen molar-refractivity contribution in [3.63, 3.8) is 0 Å². The highest BCUT2D eigenvalue weighted by molar-refractivity contribution is 5.89. The van der Waals surface area contributed by atoms with Gasteiger partial charge in [0.15, 0.2) is 0 Å². The first-order valence-corrected chi connectivity index (χ1v) is 8.91. The molecule has 9 nitrogen and oxygen atoms in total. The molecule has 0 radical (unpaired) electrons. The molecule has 28 heavy (non-hydrogen) atoms. The molecule has 9 heteroatoms. The highest BCUT2D eigenvalue weighted by Crippen LogP contribution is 2.07. The summed E-state index contributed by atoms with van der Waals surface area (Å²) in [5.74, 6) is -3.10. The fraction of sp³-hybridized carbons (Fsp3) is 0.474. The van der Waals surface area contributed by atoms with Crippen LogP contribution in [0.5, 0.6) is 0 Å². The zero-order valence-electron chi connectivity index (χ0n) is 15.9. The van der Waals surface area contributed by atoms with Gasteiger partial charge in [0, 0.05) is 6.42 Å². The van der Waals surface area contributed by atoms with Crippen LogP contribution in [0, 0.1) is 5.92 Å². The van der Waals surface area contributed by atoms with Crippen molar-refractivity contribution >= 4 is 23.9 Å². The molecule has 0 bridgehead atoms. The summed E-state index contributed by atoms with van der Waals surface area (Å²) in [4.78, 5) is 46.6. The number of alkyl carbamates (subject to hydrolysis) is 1. The fourth-order valence-corrected chi connectivity index (χ4v) is 2.41. The minimum atomic E-state index is -1.23. The van der Waals surface area contributed by atoms with Gasteiger partial charge in [-0.15, -0.1) is 0 Å². The number of ether oxygens (including phenoxy) is 1. The van der Waals surface area contributed by atoms with E-state index in [4.69, 9.17) is 9.84 Å². The van der Waals surface area contributed by atoms with Gasteiger partial charge in [0.25, 0.3) is 0 Å². The summed E-state index contributed by atoms with van der Waals surface area (Å²) >= 11 is 0. The third-order valence-electron chi connectivity index (χ3n) is 3.79. The molecule has 1 aromatic carbocycles. The molecule has 1 rings (SSSR count). The third-order valence-corrected chi connectivity index (χ3v) is 3.79. The minimum absolute atomic E-state index is 0.0164. The van der Waals surface area contributed by atoms with Crippen LogP contribution in [0.15, 0.2) is 30.3 Å². The summed E-state index contributed by atoms with van der Waals surface area (Å²) in [5.41, 5.74) is 0.743. The molecule has 0 saturated heterocycles. The monoisotopic (exact) mass is 394 g/mol. The van der Waals surface area contributed by atoms with Gasteiger partial charge in [-0.05, 0) is 24.3 Å². The highest BCUT2D eigenvalue weighted by Gasteiger charge is 2.27. The molecular formula is C19H26N2O7. The van der Waals surface area contributed by atoms with E-state index in [-0.39, 0.29) is 31.8 Å². The van der Waals surface area contributed by atoms with Crippen molar-refractivity contribution in [3.05, 3.63) is 35.9 Å². The summed E-state index contributed by atoms with van der Waals surface area (Å²) in [6, 6.07) is 6.51. The molecule has 0 aliphatic rings. The van der Waals surface area contributed by atoms with Crippen molar-refractivity contribution in [1.82, 2.24) is 10.6 Å². The number of carbonyl (C=O) groups is 4. The molecule has 1 aromatic rings. The van der Waals surface area contributed by atoms with Gasteiger partial charge in [-0.2, -0.15) is 0 Å². The van der Waals surface area contributed by atoms with Crippen LogP contribution in [0.3, 0.4) is 0 Å². The molecule has 2 unspecified atom stereocenters. The zero-order valence-corrected chi connectivity index (χ0v) is 15.9. The first-order valence-electron chi connectivity index (χ1n) is 8.91. The first-order chi connectivity index (χ1) is 13.2. The molecule has 0 heterocycles. The van der Waals surface area contributed by atoms with E-state index in [2.05, 4.69) is 10.6 Å². The molecule has 0 spiro atoms. The van der Waals surface area contributed by atoms with Gasteiger partial charge in [0.1, 0.15) is 18.7 Å². The number of hydrogen-bond acceptors (Lipinski definition) is 5. The van der Waals surface area contributed by atoms with Crippen molar-refractivity contribution in [2.45, 2.75) is 51.8 Å². The summed E-state index contributed by atoms with van der Waals surface area (Å²) in [5, 5.41) is 22.8. The van der Waals surface area contributed by atoms with Crippen molar-refractivity contribution in [1.29, 1.82) is 0 Å². The Kier molecular flexibility index (Phi) is 9.49. The van der Waals surface area contributed by atoms with Crippen molar-refractivity contribution in [3.8, 4) is 0 Å². The van der Waals surface area contributed by atoms with Crippen LogP contribution in [-0.4, -0.2) is 46.2 Å². The van der Waals surface area contributed by atoms with Crippen LogP contribution in [0.4, 0.5) is 4.79 Å². The third kappa shape index (κ3) is 9.02. The predicted octanol–water partition coefficient (Wildman–Crippen LogP) is 1.76. The van der Waals surface area contributed by atoms with Gasteiger partial charge in [-0.1, -0.05) is 44.2 Å². The van der Waals surface area contributed by atoms with E-state index in [0.717, 1.165) is 5.56 Å². The van der Waals surface area contributed by atoms with E-state index >= 15 is 0 Å². The van der Waals surface area contributed by atoms with Gasteiger partial charge < -0.3 is 25.6 Å². The summed E-state index contributed by atoms with van der Waals surface area (Å²) in [6.45, 7) is 3.59. The van der Waals surface area contributed by atoms with Crippen LogP contribution >= 0.6 is 0 Å². The SMILES string of the molecule is CC(C)CC(NC(=O)C(CCC(=O)O)NC(=O)OCc1ccccc1)C(=O)O. The van der Waals surface area contributed by atoms with Crippen LogP contribution in [0.25, 0.3) is 0 Å². The number of hydrogen-bond donors (Lipinski definition) is 4. The minimum Gasteiger partial charge on any atom is -0.481 e. The zero-order chi connectivity index (χ0) is 21.1. The Bertz CT molecular complexity index is 676. The summed E-state index contributed by atoms with van der Waals surface area (Å²) in [7, 11) is 0. The molecule has 2 amide bonds. The number of carboxylic acid groups (broad SMARTS) is 2. The fourth-order valence-electron chi connectivity index (χ4n) is 2.41. The Labute approximate surface area is 163 Å². The molecule has 0 aliphatic heterocycles. The summed E-state index contributed by atoms with van der Waals surface area (Å²) in [6.07, 6.45) is -1.27. The van der Waals surface area contributed by atoms with Crippen LogP contribution < -0.4 is 10.6 Å². The first kappa shape index (κ1) is 22.9. The van der Waals surface area contributed by atoms with Gasteiger partial charge in [0.2, 0.25) is 5.91 Å². The van der Waals surface area contributed by atoms with E-state index in [0.29, 0.717) is 0 Å². The maximum atomic E-state index is 12.4. The van der Waals surface area contributed by atoms with E-state index < -0.39 is 36.0 Å². The lowest BCUT2D eigenvalue weighted by atomic mass is 10.0. The van der Waals surface area contributed by atoms with Crippen molar-refractivity contribution in [2.75, 3.05) is 0 Å². The largest absolute Gasteiger partial charge is 0.481 e. The van der Waals surface area contributed by atoms with E-state index in [1.54, 1.807) is 24.3 Å². The van der Waals surface area contributed by atoms with Gasteiger partial charge in [-0.25, -0.2) is 9.59 Å². The predicted molar refractivity (Wildman–Crippen MR) is 99.4 cm³/mol. The lowest BCUT2D eigenvalue weighted by Gasteiger charge is -2.22. The van der Waals surface area contributed by atoms with Crippen LogP contribution in [-0.2, 0) is 25.7 Å². The number of carbonyl (C=O) groups excluding carboxylic acids is 2. The molecular weight excluding hydrogens is 368 g/mol. The molecule has 2 atom stereocenters. The highest BCUT2D eigenvalue weighted by atomic mass is 16.5. The van der Waals surface area contributed by atoms with Gasteiger partial charge in [0.05, 0.1) is 0 Å². The Hall–Kier alpha value is -3.10. The maximum absolute atomic E-state index is 12.4. The Morgan fingerprint density at radius 3 is 2.18 bits per heavy atom. The van der Waals surface area contributed by atoms with Crippen LogP contribution in [0.2, 0.25) is 0 Å². The van der Waals surface area contributed by atoms with Gasteiger partial charge >= 0.3 is 18.0 Å². The second-order valence-electron chi connectivity index (χ2n) is 6.72. The Morgan fingerprint density at radius 1 is 1.00 bits per heavy atom. The molecule has 0 aliphatic carbocycles. The number of benzene rings is 1. The second kappa shape index (κ2) is 11.6. The van der Waals surface area contributed by atoms with Crippen molar-refractivity contribution < 1.29 is 34.1 Å². The molecule has 0 saturated carbocycles. The van der Waals surface area contributed by atoms with E-state index in [9.17, 15) is 24.3 Å². The van der Waals surface area contributed by atoms with E-state index in [1.807, 2.05) is 19.9 Å². The average Bonchev–Trinajstić information content (AvgIpc) is 2.63. The summed E-state index contributed by atoms with van der Waals surface area (Å²) < 4.78 is 5.04. The molecule has 4 N–H and O–H groups in total. The Balaban J connectivity index is 2.71. The van der Waals surface area contributed by atoms with Crippen molar-refractivity contribution in [2.24, 2.45) is 5.92 Å². The Morgan fingerprint density at radius 2 is 1.64 bits per heavy atom. The van der Waals surface area contributed by atoms with E-state index in [1.165, 1.54) is 0 Å². The lowest BCUT2D eigenvalue weighted by Crippen LogP contribution is -2.52. The molecule has 0 fully saturated rings. The number of rotatable bonds is 11. The second-order valence-corrected chi connectivity index (χ2v) is 6.72. The number of carboxylic acids is 2. The van der Waals surface area contributed by atoms with Gasteiger partial charge in [-0.3, -0.25) is 9.59 Å². The van der Waals surface area contributed by atoms with Crippen LogP contribution in [0.1, 0.15) is 38.7 Å². The standard InChI is InChI=1S/C19H26N2O7/c1-12(2)10-15(18(25)26)20-17(24)14(8-9-16(22)23)21-19(27)28-11-13-6-4-3-5-7-13/h3-7,12,14-15H,8-11H2,1-2H3,(H,20,24)(H,21,27)(H,22,23)(H,25,26). The molecule has 154 valence electrons. The average molecular weight is 394 g/mol. The number of aliphatic carboxylic acids is 2. The molecule has 0 aromatic heterocycles. The lowest BCUT2D eigenvalue weighted by molar-refractivity contribution is -0.143. The quantitative estimate of drug-likeness (QED) is 0.448. The number of amides is 2. The topological polar surface area (TPSA) is 142 Å². The maximum Gasteiger partial charge on any atom is 0.408 e. The smallest absolute Gasteiger partial charge is 0.408 e. The normalized spacial score (nSPS) is 12.7.